The van der Waals surface area contributed by atoms with Crippen LogP contribution in [0.5, 0.6) is 0 Å². The number of aliphatic hydroxyl groups excluding tert-OH is 1. The molecule has 0 aromatic carbocycles. The van der Waals surface area contributed by atoms with Gasteiger partial charge in [0.2, 0.25) is 0 Å². The van der Waals surface area contributed by atoms with Gasteiger partial charge in [0, 0.05) is 22.8 Å². The molecule has 1 aromatic rings. The number of fused-ring (bicyclic) bond motifs is 1. The normalized spacial score (nSPS) is 14.7. The van der Waals surface area contributed by atoms with Gasteiger partial charge in [0.1, 0.15) is 0 Å². The van der Waals surface area contributed by atoms with Gasteiger partial charge < -0.3 is 10.0 Å². The number of rotatable bonds is 4. The molecule has 1 aliphatic carbocycles. The molecule has 0 fully saturated rings. The highest BCUT2D eigenvalue weighted by Gasteiger charge is 2.24. The summed E-state index contributed by atoms with van der Waals surface area (Å²) in [5.74, 6) is 0.0819. The van der Waals surface area contributed by atoms with Crippen molar-refractivity contribution in [2.75, 3.05) is 13.2 Å². The van der Waals surface area contributed by atoms with Crippen molar-refractivity contribution >= 4 is 17.2 Å². The van der Waals surface area contributed by atoms with Crippen LogP contribution in [0, 0.1) is 0 Å². The second kappa shape index (κ2) is 5.85. The van der Waals surface area contributed by atoms with Gasteiger partial charge in [-0.15, -0.1) is 11.3 Å². The molecule has 4 heteroatoms. The fourth-order valence-electron chi connectivity index (χ4n) is 2.53. The molecule has 1 aromatic heterocycles. The van der Waals surface area contributed by atoms with Crippen LogP contribution >= 0.6 is 11.3 Å². The van der Waals surface area contributed by atoms with Gasteiger partial charge in [-0.05, 0) is 45.1 Å². The van der Waals surface area contributed by atoms with Gasteiger partial charge in [0.25, 0.3) is 5.91 Å². The quantitative estimate of drug-likeness (QED) is 0.910. The Kier molecular flexibility index (Phi) is 4.40. The second-order valence-electron chi connectivity index (χ2n) is 5.07. The molecule has 0 spiro atoms. The van der Waals surface area contributed by atoms with E-state index < -0.39 is 0 Å². The average Bonchev–Trinajstić information content (AvgIpc) is 2.78. The van der Waals surface area contributed by atoms with E-state index in [9.17, 15) is 4.79 Å². The van der Waals surface area contributed by atoms with Crippen molar-refractivity contribution < 1.29 is 9.90 Å². The van der Waals surface area contributed by atoms with E-state index in [1.165, 1.54) is 23.3 Å². The maximum atomic E-state index is 12.5. The van der Waals surface area contributed by atoms with Gasteiger partial charge in [0.15, 0.2) is 0 Å². The first-order chi connectivity index (χ1) is 8.65. The summed E-state index contributed by atoms with van der Waals surface area (Å²) < 4.78 is 0. The van der Waals surface area contributed by atoms with Crippen LogP contribution in [0.15, 0.2) is 5.38 Å². The van der Waals surface area contributed by atoms with Gasteiger partial charge in [-0.3, -0.25) is 4.79 Å². The number of carbonyl (C=O) groups excluding carboxylic acids is 1. The molecule has 2 rings (SSSR count). The maximum Gasteiger partial charge on any atom is 0.255 e. The Hall–Kier alpha value is -0.870. The number of carbonyl (C=O) groups is 1. The molecule has 100 valence electrons. The van der Waals surface area contributed by atoms with Crippen LogP contribution in [0.1, 0.15) is 47.5 Å². The molecular weight excluding hydrogens is 246 g/mol. The first-order valence-electron chi connectivity index (χ1n) is 6.66. The molecule has 0 unspecified atom stereocenters. The Morgan fingerprint density at radius 2 is 2.17 bits per heavy atom. The molecule has 0 saturated heterocycles. The fraction of sp³-hybridized carbons (Fsp3) is 0.643. The summed E-state index contributed by atoms with van der Waals surface area (Å²) in [6.07, 6.45) is 4.58. The zero-order chi connectivity index (χ0) is 13.1. The predicted molar refractivity (Wildman–Crippen MR) is 74.2 cm³/mol. The lowest BCUT2D eigenvalue weighted by Gasteiger charge is -2.26. The maximum absolute atomic E-state index is 12.5. The van der Waals surface area contributed by atoms with E-state index in [0.29, 0.717) is 6.54 Å². The molecule has 0 radical (unpaired) electrons. The molecule has 0 aliphatic heterocycles. The minimum absolute atomic E-state index is 0.0241. The second-order valence-corrected chi connectivity index (χ2v) is 6.04. The lowest BCUT2D eigenvalue weighted by Crippen LogP contribution is -2.39. The summed E-state index contributed by atoms with van der Waals surface area (Å²) >= 11 is 1.72. The van der Waals surface area contributed by atoms with Gasteiger partial charge >= 0.3 is 0 Å². The van der Waals surface area contributed by atoms with E-state index in [1.807, 2.05) is 19.2 Å². The third kappa shape index (κ3) is 2.59. The van der Waals surface area contributed by atoms with E-state index in [2.05, 4.69) is 0 Å². The molecule has 3 nitrogen and oxygen atoms in total. The third-order valence-electron chi connectivity index (χ3n) is 3.52. The lowest BCUT2D eigenvalue weighted by molar-refractivity contribution is 0.0664. The van der Waals surface area contributed by atoms with Crippen LogP contribution in [0.3, 0.4) is 0 Å². The number of thiophene rings is 1. The van der Waals surface area contributed by atoms with Crippen LogP contribution in [0.4, 0.5) is 0 Å². The molecule has 0 bridgehead atoms. The van der Waals surface area contributed by atoms with Gasteiger partial charge in [-0.2, -0.15) is 0 Å². The predicted octanol–water partition coefficient (Wildman–Crippen LogP) is 2.47. The summed E-state index contributed by atoms with van der Waals surface area (Å²) in [5, 5.41) is 11.1. The van der Waals surface area contributed by atoms with Gasteiger partial charge in [-0.1, -0.05) is 0 Å². The third-order valence-corrected chi connectivity index (χ3v) is 4.61. The van der Waals surface area contributed by atoms with Crippen LogP contribution < -0.4 is 0 Å². The molecule has 18 heavy (non-hydrogen) atoms. The highest BCUT2D eigenvalue weighted by molar-refractivity contribution is 7.10. The number of aliphatic hydroxyl groups is 1. The number of amides is 1. The SMILES string of the molecule is CC(C)N(CCO)C(=O)c1csc2c1CCCC2. The topological polar surface area (TPSA) is 40.5 Å². The van der Waals surface area contributed by atoms with E-state index in [4.69, 9.17) is 5.11 Å². The van der Waals surface area contributed by atoms with Crippen molar-refractivity contribution in [3.63, 3.8) is 0 Å². The van der Waals surface area contributed by atoms with E-state index in [-0.39, 0.29) is 18.6 Å². The van der Waals surface area contributed by atoms with E-state index in [1.54, 1.807) is 16.2 Å². The zero-order valence-corrected chi connectivity index (χ0v) is 11.9. The van der Waals surface area contributed by atoms with Crippen LogP contribution in [0.25, 0.3) is 0 Å². The fourth-order valence-corrected chi connectivity index (χ4v) is 3.65. The molecule has 1 N–H and O–H groups in total. The first kappa shape index (κ1) is 13.6. The Labute approximate surface area is 112 Å². The summed E-state index contributed by atoms with van der Waals surface area (Å²) in [6.45, 7) is 4.43. The standard InChI is InChI=1S/C14H21NO2S/c1-10(2)15(7-8-16)14(17)12-9-18-13-6-4-3-5-11(12)13/h9-10,16H,3-8H2,1-2H3. The summed E-state index contributed by atoms with van der Waals surface area (Å²) in [5.41, 5.74) is 2.14. The smallest absolute Gasteiger partial charge is 0.255 e. The van der Waals surface area contributed by atoms with Gasteiger partial charge in [-0.25, -0.2) is 0 Å². The highest BCUT2D eigenvalue weighted by atomic mass is 32.1. The summed E-state index contributed by atoms with van der Waals surface area (Å²) in [7, 11) is 0. The van der Waals surface area contributed by atoms with E-state index in [0.717, 1.165) is 18.4 Å². The number of nitrogens with zero attached hydrogens (tertiary/aromatic N) is 1. The minimum Gasteiger partial charge on any atom is -0.395 e. The van der Waals surface area contributed by atoms with Crippen molar-refractivity contribution in [1.29, 1.82) is 0 Å². The highest BCUT2D eigenvalue weighted by Crippen LogP contribution is 2.31. The van der Waals surface area contributed by atoms with Crippen LogP contribution in [-0.2, 0) is 12.8 Å². The largest absolute Gasteiger partial charge is 0.395 e. The van der Waals surface area contributed by atoms with Gasteiger partial charge in [0.05, 0.1) is 12.2 Å². The average molecular weight is 267 g/mol. The van der Waals surface area contributed by atoms with Crippen molar-refractivity contribution in [3.8, 4) is 0 Å². The zero-order valence-electron chi connectivity index (χ0n) is 11.1. The Morgan fingerprint density at radius 1 is 1.44 bits per heavy atom. The number of hydrogen-bond acceptors (Lipinski definition) is 3. The number of hydrogen-bond donors (Lipinski definition) is 1. The Bertz CT molecular complexity index is 425. The van der Waals surface area contributed by atoms with Crippen molar-refractivity contribution in [3.05, 3.63) is 21.4 Å². The molecule has 0 atom stereocenters. The molecular formula is C14H21NO2S. The Balaban J connectivity index is 2.24. The molecule has 1 heterocycles. The van der Waals surface area contributed by atoms with Crippen molar-refractivity contribution in [1.82, 2.24) is 4.90 Å². The number of aryl methyl sites for hydroxylation is 1. The Morgan fingerprint density at radius 3 is 2.83 bits per heavy atom. The summed E-state index contributed by atoms with van der Waals surface area (Å²) in [6, 6.07) is 0.129. The first-order valence-corrected chi connectivity index (χ1v) is 7.54. The summed E-state index contributed by atoms with van der Waals surface area (Å²) in [4.78, 5) is 15.7. The van der Waals surface area contributed by atoms with Crippen LogP contribution in [0.2, 0.25) is 0 Å². The van der Waals surface area contributed by atoms with Crippen molar-refractivity contribution in [2.24, 2.45) is 0 Å². The minimum atomic E-state index is 0.0241. The van der Waals surface area contributed by atoms with Crippen LogP contribution in [-0.4, -0.2) is 35.1 Å². The van der Waals surface area contributed by atoms with Crippen molar-refractivity contribution in [2.45, 2.75) is 45.6 Å². The lowest BCUT2D eigenvalue weighted by atomic mass is 9.95. The monoisotopic (exact) mass is 267 g/mol. The van der Waals surface area contributed by atoms with E-state index >= 15 is 0 Å². The molecule has 1 aliphatic rings. The molecule has 1 amide bonds. The molecule has 0 saturated carbocycles.